The van der Waals surface area contributed by atoms with Crippen molar-refractivity contribution < 1.29 is 9.59 Å². The highest BCUT2D eigenvalue weighted by atomic mass is 16.2. The van der Waals surface area contributed by atoms with Crippen LogP contribution in [0.5, 0.6) is 0 Å². The molecule has 0 fully saturated rings. The average Bonchev–Trinajstić information content (AvgIpc) is 2.40. The Hall–Kier alpha value is -3.02. The topological polar surface area (TPSA) is 124 Å². The van der Waals surface area contributed by atoms with Crippen molar-refractivity contribution >= 4 is 28.9 Å². The largest absolute Gasteiger partial charge is 0.399 e. The molecule has 2 aromatic rings. The summed E-state index contributed by atoms with van der Waals surface area (Å²) in [5.41, 5.74) is 18.3. The van der Waals surface area contributed by atoms with Crippen LogP contribution in [0, 0.1) is 0 Å². The van der Waals surface area contributed by atoms with E-state index in [4.69, 9.17) is 17.2 Å². The molecule has 6 nitrogen and oxygen atoms in total. The second-order valence-corrected chi connectivity index (χ2v) is 4.28. The van der Waals surface area contributed by atoms with E-state index < -0.39 is 5.91 Å². The van der Waals surface area contributed by atoms with Gasteiger partial charge in [0.25, 0.3) is 5.91 Å². The molecule has 0 unspecified atom stereocenters. The first-order valence-electron chi connectivity index (χ1n) is 5.83. The van der Waals surface area contributed by atoms with Crippen LogP contribution in [0.2, 0.25) is 0 Å². The monoisotopic (exact) mass is 270 g/mol. The number of hydrogen-bond donors (Lipinski definition) is 4. The maximum Gasteiger partial charge on any atom is 0.255 e. The van der Waals surface area contributed by atoms with Gasteiger partial charge in [0, 0.05) is 28.2 Å². The van der Waals surface area contributed by atoms with Gasteiger partial charge in [-0.1, -0.05) is 0 Å². The molecule has 20 heavy (non-hydrogen) atoms. The molecule has 2 rings (SSSR count). The third kappa shape index (κ3) is 3.05. The van der Waals surface area contributed by atoms with Gasteiger partial charge in [0.05, 0.1) is 0 Å². The maximum atomic E-state index is 12.1. The number of carbonyl (C=O) groups excluding carboxylic acids is 2. The molecule has 0 bridgehead atoms. The minimum absolute atomic E-state index is 0.187. The molecule has 0 saturated carbocycles. The normalized spacial score (nSPS) is 10.0. The van der Waals surface area contributed by atoms with E-state index in [9.17, 15) is 9.59 Å². The minimum atomic E-state index is -0.640. The molecule has 0 atom stereocenters. The summed E-state index contributed by atoms with van der Waals surface area (Å²) in [7, 11) is 0. The van der Waals surface area contributed by atoms with Crippen molar-refractivity contribution in [3.8, 4) is 0 Å². The van der Waals surface area contributed by atoms with Crippen molar-refractivity contribution in [3.63, 3.8) is 0 Å². The van der Waals surface area contributed by atoms with Crippen LogP contribution in [-0.4, -0.2) is 11.8 Å². The lowest BCUT2D eigenvalue weighted by Crippen LogP contribution is -2.16. The second kappa shape index (κ2) is 5.31. The highest BCUT2D eigenvalue weighted by Gasteiger charge is 2.10. The first-order valence-corrected chi connectivity index (χ1v) is 5.83. The molecule has 102 valence electrons. The van der Waals surface area contributed by atoms with Gasteiger partial charge in [-0.2, -0.15) is 0 Å². The molecule has 0 heterocycles. The van der Waals surface area contributed by atoms with Crippen molar-refractivity contribution in [2.24, 2.45) is 5.73 Å². The highest BCUT2D eigenvalue weighted by molar-refractivity contribution is 6.06. The van der Waals surface area contributed by atoms with Crippen LogP contribution < -0.4 is 22.5 Å². The SMILES string of the molecule is NC(=O)c1cc(N)cc(C(=O)Nc2ccc(N)cc2)c1. The molecule has 2 aromatic carbocycles. The summed E-state index contributed by atoms with van der Waals surface area (Å²) in [6.07, 6.45) is 0. The molecule has 2 amide bonds. The lowest BCUT2D eigenvalue weighted by Gasteiger charge is -2.07. The zero-order valence-corrected chi connectivity index (χ0v) is 10.6. The van der Waals surface area contributed by atoms with Crippen molar-refractivity contribution in [1.29, 1.82) is 0 Å². The Kier molecular flexibility index (Phi) is 3.56. The van der Waals surface area contributed by atoms with Crippen LogP contribution in [0.4, 0.5) is 17.1 Å². The maximum absolute atomic E-state index is 12.1. The molecule has 0 aliphatic heterocycles. The Bertz CT molecular complexity index is 665. The van der Waals surface area contributed by atoms with E-state index >= 15 is 0 Å². The van der Waals surface area contributed by atoms with Crippen LogP contribution >= 0.6 is 0 Å². The third-order valence-electron chi connectivity index (χ3n) is 2.67. The highest BCUT2D eigenvalue weighted by Crippen LogP contribution is 2.15. The molecule has 0 aliphatic rings. The summed E-state index contributed by atoms with van der Waals surface area (Å²) in [5, 5.41) is 2.68. The summed E-state index contributed by atoms with van der Waals surface area (Å²) in [6, 6.07) is 11.0. The van der Waals surface area contributed by atoms with Gasteiger partial charge in [-0.25, -0.2) is 0 Å². The summed E-state index contributed by atoms with van der Waals surface area (Å²) >= 11 is 0. The van der Waals surface area contributed by atoms with Gasteiger partial charge in [-0.05, 0) is 42.5 Å². The minimum Gasteiger partial charge on any atom is -0.399 e. The number of nitrogens with two attached hydrogens (primary N) is 3. The Labute approximate surface area is 115 Å². The number of anilines is 3. The Morgan fingerprint density at radius 2 is 1.45 bits per heavy atom. The van der Waals surface area contributed by atoms with E-state index in [1.165, 1.54) is 18.2 Å². The zero-order chi connectivity index (χ0) is 14.7. The lowest BCUT2D eigenvalue weighted by atomic mass is 10.1. The van der Waals surface area contributed by atoms with Crippen LogP contribution in [0.1, 0.15) is 20.7 Å². The van der Waals surface area contributed by atoms with Crippen LogP contribution in [0.3, 0.4) is 0 Å². The quantitative estimate of drug-likeness (QED) is 0.625. The fourth-order valence-corrected chi connectivity index (χ4v) is 1.69. The van der Waals surface area contributed by atoms with Gasteiger partial charge in [0.15, 0.2) is 0 Å². The van der Waals surface area contributed by atoms with E-state index in [0.29, 0.717) is 17.1 Å². The molecule has 0 radical (unpaired) electrons. The summed E-state index contributed by atoms with van der Waals surface area (Å²) in [6.45, 7) is 0. The molecule has 0 aliphatic carbocycles. The van der Waals surface area contributed by atoms with Gasteiger partial charge in [-0.3, -0.25) is 9.59 Å². The molecule has 0 spiro atoms. The number of amides is 2. The molecule has 6 heteroatoms. The zero-order valence-electron chi connectivity index (χ0n) is 10.6. The van der Waals surface area contributed by atoms with Crippen LogP contribution in [0.15, 0.2) is 42.5 Å². The molecule has 7 N–H and O–H groups in total. The van der Waals surface area contributed by atoms with Gasteiger partial charge in [0.1, 0.15) is 0 Å². The van der Waals surface area contributed by atoms with Crippen molar-refractivity contribution in [1.82, 2.24) is 0 Å². The van der Waals surface area contributed by atoms with E-state index in [2.05, 4.69) is 5.32 Å². The number of hydrogen-bond acceptors (Lipinski definition) is 4. The summed E-state index contributed by atoms with van der Waals surface area (Å²) in [4.78, 5) is 23.2. The van der Waals surface area contributed by atoms with E-state index in [1.807, 2.05) is 0 Å². The average molecular weight is 270 g/mol. The van der Waals surface area contributed by atoms with Crippen LogP contribution in [0.25, 0.3) is 0 Å². The smallest absolute Gasteiger partial charge is 0.255 e. The third-order valence-corrected chi connectivity index (χ3v) is 2.67. The van der Waals surface area contributed by atoms with Crippen LogP contribution in [-0.2, 0) is 0 Å². The van der Waals surface area contributed by atoms with E-state index in [-0.39, 0.29) is 17.0 Å². The fourth-order valence-electron chi connectivity index (χ4n) is 1.69. The standard InChI is InChI=1S/C14H14N4O2/c15-10-1-3-12(4-2-10)18-14(20)9-5-8(13(17)19)6-11(16)7-9/h1-7H,15-16H2,(H2,17,19)(H,18,20). The molecular weight excluding hydrogens is 256 g/mol. The number of benzene rings is 2. The first-order chi connectivity index (χ1) is 9.45. The predicted molar refractivity (Wildman–Crippen MR) is 78.2 cm³/mol. The molecular formula is C14H14N4O2. The van der Waals surface area contributed by atoms with Gasteiger partial charge < -0.3 is 22.5 Å². The first kappa shape index (κ1) is 13.4. The number of nitrogens with one attached hydrogen (secondary N) is 1. The predicted octanol–water partition coefficient (Wildman–Crippen LogP) is 1.20. The summed E-state index contributed by atoms with van der Waals surface area (Å²) in [5.74, 6) is -1.02. The van der Waals surface area contributed by atoms with E-state index in [1.54, 1.807) is 24.3 Å². The molecule has 0 saturated heterocycles. The Morgan fingerprint density at radius 1 is 0.850 bits per heavy atom. The number of nitrogen functional groups attached to an aromatic ring is 2. The lowest BCUT2D eigenvalue weighted by molar-refractivity contribution is 0.1000. The number of rotatable bonds is 3. The van der Waals surface area contributed by atoms with Crippen molar-refractivity contribution in [3.05, 3.63) is 53.6 Å². The van der Waals surface area contributed by atoms with Crippen molar-refractivity contribution in [2.45, 2.75) is 0 Å². The van der Waals surface area contributed by atoms with Gasteiger partial charge >= 0.3 is 0 Å². The fraction of sp³-hybridized carbons (Fsp3) is 0. The molecule has 0 aromatic heterocycles. The summed E-state index contributed by atoms with van der Waals surface area (Å²) < 4.78 is 0. The van der Waals surface area contributed by atoms with E-state index in [0.717, 1.165) is 0 Å². The van der Waals surface area contributed by atoms with Crippen molar-refractivity contribution in [2.75, 3.05) is 16.8 Å². The van der Waals surface area contributed by atoms with Gasteiger partial charge in [-0.15, -0.1) is 0 Å². The Balaban J connectivity index is 2.25. The van der Waals surface area contributed by atoms with Gasteiger partial charge in [0.2, 0.25) is 5.91 Å². The second-order valence-electron chi connectivity index (χ2n) is 4.28. The number of primary amides is 1. The Morgan fingerprint density at radius 3 is 2.05 bits per heavy atom. The number of carbonyl (C=O) groups is 2.